The third-order valence-corrected chi connectivity index (χ3v) is 1.51. The third-order valence-electron chi connectivity index (χ3n) is 1.51. The van der Waals surface area contributed by atoms with Gasteiger partial charge in [-0.2, -0.15) is 0 Å². The summed E-state index contributed by atoms with van der Waals surface area (Å²) in [5, 5.41) is 2.55. The SMILES string of the molecule is FC(F)CNCC1OCCCO1. The van der Waals surface area contributed by atoms with E-state index in [1.807, 2.05) is 0 Å². The minimum atomic E-state index is -2.31. The van der Waals surface area contributed by atoms with Gasteiger partial charge in [0.2, 0.25) is 0 Å². The van der Waals surface area contributed by atoms with Gasteiger partial charge in [-0.05, 0) is 6.42 Å². The van der Waals surface area contributed by atoms with Crippen molar-refractivity contribution < 1.29 is 18.3 Å². The first-order valence-electron chi connectivity index (χ1n) is 4.01. The van der Waals surface area contributed by atoms with Gasteiger partial charge in [-0.3, -0.25) is 0 Å². The van der Waals surface area contributed by atoms with Gasteiger partial charge in [-0.1, -0.05) is 0 Å². The van der Waals surface area contributed by atoms with Crippen LogP contribution in [0.4, 0.5) is 8.78 Å². The van der Waals surface area contributed by atoms with Gasteiger partial charge in [-0.25, -0.2) is 8.78 Å². The van der Waals surface area contributed by atoms with Crippen LogP contribution in [-0.2, 0) is 9.47 Å². The molecule has 1 heterocycles. The molecule has 0 atom stereocenters. The standard InChI is InChI=1S/C7H13F2NO2/c8-6(9)4-10-5-7-11-2-1-3-12-7/h6-7,10H,1-5H2. The fourth-order valence-electron chi connectivity index (χ4n) is 0.965. The maximum Gasteiger partial charge on any atom is 0.250 e. The molecule has 0 aromatic rings. The summed E-state index contributed by atoms with van der Waals surface area (Å²) in [7, 11) is 0. The smallest absolute Gasteiger partial charge is 0.250 e. The molecular weight excluding hydrogens is 168 g/mol. The van der Waals surface area contributed by atoms with E-state index in [9.17, 15) is 8.78 Å². The molecule has 1 N–H and O–H groups in total. The summed E-state index contributed by atoms with van der Waals surface area (Å²) in [5.74, 6) is 0. The Bertz CT molecular complexity index is 118. The Balaban J connectivity index is 1.98. The second-order valence-electron chi connectivity index (χ2n) is 2.57. The number of ether oxygens (including phenoxy) is 2. The van der Waals surface area contributed by atoms with Crippen molar-refractivity contribution in [2.45, 2.75) is 19.1 Å². The summed E-state index contributed by atoms with van der Waals surface area (Å²) in [5.41, 5.74) is 0. The molecule has 5 heteroatoms. The largest absolute Gasteiger partial charge is 0.351 e. The fourth-order valence-corrected chi connectivity index (χ4v) is 0.965. The molecule has 12 heavy (non-hydrogen) atoms. The van der Waals surface area contributed by atoms with E-state index in [4.69, 9.17) is 9.47 Å². The van der Waals surface area contributed by atoms with E-state index in [-0.39, 0.29) is 12.8 Å². The number of halogens is 2. The van der Waals surface area contributed by atoms with Gasteiger partial charge in [-0.15, -0.1) is 0 Å². The Morgan fingerprint density at radius 3 is 2.58 bits per heavy atom. The van der Waals surface area contributed by atoms with Crippen LogP contribution in [0.1, 0.15) is 6.42 Å². The van der Waals surface area contributed by atoms with Crippen LogP contribution in [0.2, 0.25) is 0 Å². The van der Waals surface area contributed by atoms with Gasteiger partial charge in [0.25, 0.3) is 6.43 Å². The van der Waals surface area contributed by atoms with E-state index < -0.39 is 6.43 Å². The lowest BCUT2D eigenvalue weighted by Gasteiger charge is -2.23. The Hall–Kier alpha value is -0.260. The Morgan fingerprint density at radius 1 is 1.33 bits per heavy atom. The summed E-state index contributed by atoms with van der Waals surface area (Å²) in [6.07, 6.45) is -1.78. The van der Waals surface area contributed by atoms with E-state index in [1.54, 1.807) is 0 Å². The van der Waals surface area contributed by atoms with Gasteiger partial charge >= 0.3 is 0 Å². The Morgan fingerprint density at radius 2 is 2.00 bits per heavy atom. The van der Waals surface area contributed by atoms with Crippen LogP contribution in [0.15, 0.2) is 0 Å². The van der Waals surface area contributed by atoms with Crippen molar-refractivity contribution in [1.82, 2.24) is 5.32 Å². The molecule has 1 aliphatic rings. The van der Waals surface area contributed by atoms with Gasteiger partial charge in [0, 0.05) is 6.54 Å². The second-order valence-corrected chi connectivity index (χ2v) is 2.57. The summed E-state index contributed by atoms with van der Waals surface area (Å²) >= 11 is 0. The molecule has 0 unspecified atom stereocenters. The molecule has 0 spiro atoms. The molecule has 0 aromatic heterocycles. The van der Waals surface area contributed by atoms with Crippen molar-refractivity contribution in [2.24, 2.45) is 0 Å². The molecule has 0 aromatic carbocycles. The van der Waals surface area contributed by atoms with E-state index in [0.29, 0.717) is 19.8 Å². The fraction of sp³-hybridized carbons (Fsp3) is 1.00. The topological polar surface area (TPSA) is 30.5 Å². The third kappa shape index (κ3) is 3.94. The average molecular weight is 181 g/mol. The predicted molar refractivity (Wildman–Crippen MR) is 39.2 cm³/mol. The highest BCUT2D eigenvalue weighted by Gasteiger charge is 2.13. The van der Waals surface area contributed by atoms with Crippen molar-refractivity contribution >= 4 is 0 Å². The minimum absolute atomic E-state index is 0.302. The van der Waals surface area contributed by atoms with Crippen molar-refractivity contribution in [1.29, 1.82) is 0 Å². The highest BCUT2D eigenvalue weighted by molar-refractivity contribution is 4.56. The molecule has 1 saturated heterocycles. The first kappa shape index (κ1) is 9.83. The molecule has 0 bridgehead atoms. The summed E-state index contributed by atoms with van der Waals surface area (Å²) in [6, 6.07) is 0. The minimum Gasteiger partial charge on any atom is -0.351 e. The van der Waals surface area contributed by atoms with E-state index in [0.717, 1.165) is 6.42 Å². The molecule has 0 aliphatic carbocycles. The molecule has 1 fully saturated rings. The first-order chi connectivity index (χ1) is 5.79. The normalized spacial score (nSPS) is 20.2. The number of nitrogens with one attached hydrogen (secondary N) is 1. The predicted octanol–water partition coefficient (Wildman–Crippen LogP) is 0.604. The number of alkyl halides is 2. The summed E-state index contributed by atoms with van der Waals surface area (Å²) in [4.78, 5) is 0. The van der Waals surface area contributed by atoms with Crippen molar-refractivity contribution in [3.05, 3.63) is 0 Å². The van der Waals surface area contributed by atoms with Crippen molar-refractivity contribution in [2.75, 3.05) is 26.3 Å². The monoisotopic (exact) mass is 181 g/mol. The summed E-state index contributed by atoms with van der Waals surface area (Å²) in [6.45, 7) is 1.34. The Kier molecular flexibility index (Phi) is 4.42. The molecule has 0 radical (unpaired) electrons. The van der Waals surface area contributed by atoms with E-state index in [1.165, 1.54) is 0 Å². The van der Waals surface area contributed by atoms with Gasteiger partial charge < -0.3 is 14.8 Å². The van der Waals surface area contributed by atoms with Gasteiger partial charge in [0.05, 0.1) is 19.8 Å². The lowest BCUT2D eigenvalue weighted by Crippen LogP contribution is -2.36. The van der Waals surface area contributed by atoms with Crippen LogP contribution in [0.25, 0.3) is 0 Å². The van der Waals surface area contributed by atoms with Crippen LogP contribution in [0, 0.1) is 0 Å². The Labute approximate surface area is 70.0 Å². The van der Waals surface area contributed by atoms with Crippen molar-refractivity contribution in [3.63, 3.8) is 0 Å². The van der Waals surface area contributed by atoms with Crippen LogP contribution < -0.4 is 5.32 Å². The van der Waals surface area contributed by atoms with E-state index in [2.05, 4.69) is 5.32 Å². The molecule has 0 amide bonds. The van der Waals surface area contributed by atoms with Gasteiger partial charge in [0.1, 0.15) is 0 Å². The first-order valence-corrected chi connectivity index (χ1v) is 4.01. The second kappa shape index (κ2) is 5.40. The van der Waals surface area contributed by atoms with Gasteiger partial charge in [0.15, 0.2) is 6.29 Å². The zero-order chi connectivity index (χ0) is 8.81. The lowest BCUT2D eigenvalue weighted by atomic mass is 10.4. The maximum atomic E-state index is 11.6. The quantitative estimate of drug-likeness (QED) is 0.689. The molecule has 3 nitrogen and oxygen atoms in total. The number of rotatable bonds is 4. The molecule has 72 valence electrons. The summed E-state index contributed by atoms with van der Waals surface area (Å²) < 4.78 is 33.5. The zero-order valence-electron chi connectivity index (χ0n) is 6.76. The number of hydrogen-bond acceptors (Lipinski definition) is 3. The van der Waals surface area contributed by atoms with Crippen LogP contribution in [-0.4, -0.2) is 39.0 Å². The van der Waals surface area contributed by atoms with Crippen LogP contribution in [0.5, 0.6) is 0 Å². The molecular formula is C7H13F2NO2. The van der Waals surface area contributed by atoms with Crippen LogP contribution in [0.3, 0.4) is 0 Å². The maximum absolute atomic E-state index is 11.6. The molecule has 1 rings (SSSR count). The zero-order valence-corrected chi connectivity index (χ0v) is 6.76. The lowest BCUT2D eigenvalue weighted by molar-refractivity contribution is -0.175. The average Bonchev–Trinajstić information content (AvgIpc) is 2.05. The molecule has 1 aliphatic heterocycles. The highest BCUT2D eigenvalue weighted by Crippen LogP contribution is 2.03. The highest BCUT2D eigenvalue weighted by atomic mass is 19.3. The number of hydrogen-bond donors (Lipinski definition) is 1. The molecule has 0 saturated carbocycles. The van der Waals surface area contributed by atoms with E-state index >= 15 is 0 Å². The van der Waals surface area contributed by atoms with Crippen LogP contribution >= 0.6 is 0 Å². The van der Waals surface area contributed by atoms with Crippen molar-refractivity contribution in [3.8, 4) is 0 Å².